The molecule has 0 saturated carbocycles. The summed E-state index contributed by atoms with van der Waals surface area (Å²) in [5, 5.41) is 0. The molecule has 3 aromatic carbocycles. The van der Waals surface area contributed by atoms with Crippen LogP contribution >= 0.6 is 0 Å². The van der Waals surface area contributed by atoms with E-state index in [2.05, 4.69) is 56.3 Å². The molecule has 0 unspecified atom stereocenters. The number of benzene rings is 3. The second kappa shape index (κ2) is 9.76. The van der Waals surface area contributed by atoms with Crippen molar-refractivity contribution in [2.75, 3.05) is 16.5 Å². The monoisotopic (exact) mass is 468 g/mol. The van der Waals surface area contributed by atoms with Gasteiger partial charge in [0.2, 0.25) is 0 Å². The third-order valence-corrected chi connectivity index (χ3v) is 6.06. The molecule has 0 atom stereocenters. The third-order valence-electron chi connectivity index (χ3n) is 6.06. The SMILES string of the molecule is C1=CN(c2ccccn2)CN1c1cccc(Oc2cccc(-c3cc(-c4ccccc4)ccn3)c2)c1. The zero-order valence-corrected chi connectivity index (χ0v) is 19.6. The highest BCUT2D eigenvalue weighted by Crippen LogP contribution is 2.31. The fraction of sp³-hybridized carbons (Fsp3) is 0.0323. The zero-order valence-electron chi connectivity index (χ0n) is 19.6. The topological polar surface area (TPSA) is 41.5 Å². The van der Waals surface area contributed by atoms with Crippen LogP contribution in [0.5, 0.6) is 11.5 Å². The largest absolute Gasteiger partial charge is 0.457 e. The molecule has 5 heteroatoms. The van der Waals surface area contributed by atoms with E-state index in [4.69, 9.17) is 4.74 Å². The van der Waals surface area contributed by atoms with Crippen LogP contribution in [0.15, 0.2) is 134 Å². The summed E-state index contributed by atoms with van der Waals surface area (Å²) in [7, 11) is 0. The summed E-state index contributed by atoms with van der Waals surface area (Å²) >= 11 is 0. The number of aromatic nitrogens is 2. The summed E-state index contributed by atoms with van der Waals surface area (Å²) in [6.45, 7) is 0.694. The minimum absolute atomic E-state index is 0.694. The summed E-state index contributed by atoms with van der Waals surface area (Å²) in [6, 6.07) is 36.6. The maximum Gasteiger partial charge on any atom is 0.133 e. The average Bonchev–Trinajstić information content (AvgIpc) is 3.45. The first-order valence-electron chi connectivity index (χ1n) is 11.8. The molecule has 0 amide bonds. The molecule has 1 aliphatic heterocycles. The van der Waals surface area contributed by atoms with Crippen molar-refractivity contribution in [3.63, 3.8) is 0 Å². The molecule has 174 valence electrons. The van der Waals surface area contributed by atoms with Gasteiger partial charge in [-0.3, -0.25) is 4.98 Å². The second-order valence-electron chi connectivity index (χ2n) is 8.49. The fourth-order valence-electron chi connectivity index (χ4n) is 4.24. The molecule has 36 heavy (non-hydrogen) atoms. The number of rotatable bonds is 6. The molecule has 3 heterocycles. The van der Waals surface area contributed by atoms with Crippen LogP contribution in [0.25, 0.3) is 22.4 Å². The van der Waals surface area contributed by atoms with Gasteiger partial charge in [0.15, 0.2) is 0 Å². The summed E-state index contributed by atoms with van der Waals surface area (Å²) in [4.78, 5) is 13.3. The van der Waals surface area contributed by atoms with Gasteiger partial charge in [-0.25, -0.2) is 4.98 Å². The smallest absolute Gasteiger partial charge is 0.133 e. The standard InChI is InChI=1S/C31H24N4O/c1-2-8-24(9-3-1)25-15-17-32-30(21-25)26-10-6-12-28(20-26)36-29-13-7-11-27(22-29)34-18-19-35(23-34)31-14-4-5-16-33-31/h1-22H,23H2. The van der Waals surface area contributed by atoms with E-state index in [1.165, 1.54) is 5.56 Å². The first-order chi connectivity index (χ1) is 17.8. The first-order valence-corrected chi connectivity index (χ1v) is 11.8. The molecule has 2 aromatic heterocycles. The molecule has 6 rings (SSSR count). The highest BCUT2D eigenvalue weighted by molar-refractivity contribution is 5.71. The van der Waals surface area contributed by atoms with E-state index in [9.17, 15) is 0 Å². The van der Waals surface area contributed by atoms with Crippen molar-refractivity contribution in [2.24, 2.45) is 0 Å². The van der Waals surface area contributed by atoms with Crippen LogP contribution in [0, 0.1) is 0 Å². The lowest BCUT2D eigenvalue weighted by Crippen LogP contribution is -2.25. The zero-order chi connectivity index (χ0) is 24.2. The summed E-state index contributed by atoms with van der Waals surface area (Å²) in [6.07, 6.45) is 7.75. The quantitative estimate of drug-likeness (QED) is 0.260. The normalized spacial score (nSPS) is 12.7. The van der Waals surface area contributed by atoms with Crippen LogP contribution in [0.4, 0.5) is 11.5 Å². The summed E-state index contributed by atoms with van der Waals surface area (Å²) < 4.78 is 6.26. The Morgan fingerprint density at radius 1 is 0.556 bits per heavy atom. The number of pyridine rings is 2. The Morgan fingerprint density at radius 2 is 1.33 bits per heavy atom. The van der Waals surface area contributed by atoms with Crippen LogP contribution in [0.1, 0.15) is 0 Å². The van der Waals surface area contributed by atoms with E-state index in [1.807, 2.05) is 97.5 Å². The molecule has 0 aliphatic carbocycles. The molecule has 0 bridgehead atoms. The molecule has 0 radical (unpaired) electrons. The Balaban J connectivity index is 1.19. The number of hydrogen-bond acceptors (Lipinski definition) is 5. The lowest BCUT2D eigenvalue weighted by molar-refractivity contribution is 0.483. The van der Waals surface area contributed by atoms with Crippen molar-refractivity contribution in [3.05, 3.63) is 134 Å². The first kappa shape index (κ1) is 21.6. The molecule has 5 aromatic rings. The lowest BCUT2D eigenvalue weighted by atomic mass is 10.0. The predicted octanol–water partition coefficient (Wildman–Crippen LogP) is 7.36. The Bertz CT molecular complexity index is 1500. The Hall–Kier alpha value is -4.90. The molecular weight excluding hydrogens is 444 g/mol. The molecule has 0 N–H and O–H groups in total. The van der Waals surface area contributed by atoms with E-state index in [0.717, 1.165) is 39.8 Å². The van der Waals surface area contributed by atoms with Crippen molar-refractivity contribution >= 4 is 11.5 Å². The molecule has 5 nitrogen and oxygen atoms in total. The highest BCUT2D eigenvalue weighted by atomic mass is 16.5. The average molecular weight is 469 g/mol. The van der Waals surface area contributed by atoms with Gasteiger partial charge in [0, 0.05) is 42.1 Å². The van der Waals surface area contributed by atoms with Gasteiger partial charge >= 0.3 is 0 Å². The van der Waals surface area contributed by atoms with Crippen LogP contribution in [0.2, 0.25) is 0 Å². The summed E-state index contributed by atoms with van der Waals surface area (Å²) in [5.74, 6) is 2.47. The van der Waals surface area contributed by atoms with Gasteiger partial charge in [0.25, 0.3) is 0 Å². The van der Waals surface area contributed by atoms with E-state index in [1.54, 1.807) is 0 Å². The maximum absolute atomic E-state index is 6.26. The minimum atomic E-state index is 0.694. The van der Waals surface area contributed by atoms with Gasteiger partial charge in [-0.2, -0.15) is 0 Å². The van der Waals surface area contributed by atoms with E-state index >= 15 is 0 Å². The predicted molar refractivity (Wildman–Crippen MR) is 145 cm³/mol. The van der Waals surface area contributed by atoms with Crippen LogP contribution in [0.3, 0.4) is 0 Å². The van der Waals surface area contributed by atoms with Crippen LogP contribution < -0.4 is 14.5 Å². The number of hydrogen-bond donors (Lipinski definition) is 0. The van der Waals surface area contributed by atoms with E-state index in [0.29, 0.717) is 6.67 Å². The van der Waals surface area contributed by atoms with Gasteiger partial charge in [0.1, 0.15) is 24.0 Å². The fourth-order valence-corrected chi connectivity index (χ4v) is 4.24. The van der Waals surface area contributed by atoms with Gasteiger partial charge in [-0.15, -0.1) is 0 Å². The van der Waals surface area contributed by atoms with Crippen molar-refractivity contribution in [1.82, 2.24) is 9.97 Å². The highest BCUT2D eigenvalue weighted by Gasteiger charge is 2.16. The Morgan fingerprint density at radius 3 is 2.19 bits per heavy atom. The van der Waals surface area contributed by atoms with Crippen molar-refractivity contribution in [1.29, 1.82) is 0 Å². The van der Waals surface area contributed by atoms with Crippen molar-refractivity contribution in [2.45, 2.75) is 0 Å². The molecular formula is C31H24N4O. The van der Waals surface area contributed by atoms with Gasteiger partial charge in [-0.05, 0) is 59.7 Å². The van der Waals surface area contributed by atoms with Crippen molar-refractivity contribution < 1.29 is 4.74 Å². The number of anilines is 2. The molecule has 1 aliphatic rings. The van der Waals surface area contributed by atoms with Gasteiger partial charge in [-0.1, -0.05) is 54.6 Å². The Kier molecular flexibility index (Phi) is 5.86. The van der Waals surface area contributed by atoms with E-state index < -0.39 is 0 Å². The van der Waals surface area contributed by atoms with Gasteiger partial charge < -0.3 is 14.5 Å². The number of nitrogens with zero attached hydrogens (tertiary/aromatic N) is 4. The van der Waals surface area contributed by atoms with Crippen LogP contribution in [-0.4, -0.2) is 16.6 Å². The molecule has 0 saturated heterocycles. The maximum atomic E-state index is 6.26. The van der Waals surface area contributed by atoms with Crippen molar-refractivity contribution in [3.8, 4) is 33.9 Å². The second-order valence-corrected chi connectivity index (χ2v) is 8.49. The third kappa shape index (κ3) is 4.68. The summed E-state index contributed by atoms with van der Waals surface area (Å²) in [5.41, 5.74) is 5.28. The molecule has 0 fully saturated rings. The molecule has 0 spiro atoms. The van der Waals surface area contributed by atoms with Crippen LogP contribution in [-0.2, 0) is 0 Å². The minimum Gasteiger partial charge on any atom is -0.457 e. The Labute approximate surface area is 210 Å². The lowest BCUT2D eigenvalue weighted by Gasteiger charge is -2.21. The van der Waals surface area contributed by atoms with Gasteiger partial charge in [0.05, 0.1) is 5.69 Å². The number of ether oxygens (including phenoxy) is 1. The van der Waals surface area contributed by atoms with E-state index in [-0.39, 0.29) is 0 Å².